The molecule has 2 unspecified atom stereocenters. The molecule has 1 saturated heterocycles. The van der Waals surface area contributed by atoms with Crippen molar-refractivity contribution in [2.24, 2.45) is 0 Å². The fourth-order valence-corrected chi connectivity index (χ4v) is 4.36. The molecular formula is C20H25N3O3. The normalized spacial score (nSPS) is 21.4. The van der Waals surface area contributed by atoms with Gasteiger partial charge in [0, 0.05) is 36.8 Å². The SMILES string of the molecule is COc1cc(CN2C3CCC2c2cnc(C)nc2C3)cc(OC)c1OC. The predicted octanol–water partition coefficient (Wildman–Crippen LogP) is 3.07. The van der Waals surface area contributed by atoms with E-state index in [1.807, 2.05) is 25.3 Å². The molecule has 0 amide bonds. The summed E-state index contributed by atoms with van der Waals surface area (Å²) in [7, 11) is 4.94. The lowest BCUT2D eigenvalue weighted by atomic mass is 9.98. The zero-order valence-corrected chi connectivity index (χ0v) is 15.8. The average Bonchev–Trinajstić information content (AvgIpc) is 2.92. The van der Waals surface area contributed by atoms with Gasteiger partial charge in [-0.2, -0.15) is 0 Å². The van der Waals surface area contributed by atoms with Gasteiger partial charge >= 0.3 is 0 Å². The van der Waals surface area contributed by atoms with Crippen LogP contribution in [0.25, 0.3) is 0 Å². The molecule has 26 heavy (non-hydrogen) atoms. The maximum atomic E-state index is 5.50. The van der Waals surface area contributed by atoms with Crippen LogP contribution in [0.15, 0.2) is 18.3 Å². The van der Waals surface area contributed by atoms with Crippen molar-refractivity contribution in [3.8, 4) is 17.2 Å². The minimum atomic E-state index is 0.392. The van der Waals surface area contributed by atoms with Crippen LogP contribution in [0.1, 0.15) is 41.5 Å². The second-order valence-electron chi connectivity index (χ2n) is 6.98. The van der Waals surface area contributed by atoms with Gasteiger partial charge in [0.15, 0.2) is 11.5 Å². The quantitative estimate of drug-likeness (QED) is 0.822. The van der Waals surface area contributed by atoms with Gasteiger partial charge in [-0.3, -0.25) is 4.90 Å². The molecule has 4 rings (SSSR count). The minimum absolute atomic E-state index is 0.392. The van der Waals surface area contributed by atoms with Crippen molar-refractivity contribution in [2.45, 2.75) is 44.8 Å². The summed E-state index contributed by atoms with van der Waals surface area (Å²) in [6, 6.07) is 5.01. The predicted molar refractivity (Wildman–Crippen MR) is 97.9 cm³/mol. The van der Waals surface area contributed by atoms with Gasteiger partial charge in [0.25, 0.3) is 0 Å². The van der Waals surface area contributed by atoms with E-state index in [2.05, 4.69) is 14.9 Å². The summed E-state index contributed by atoms with van der Waals surface area (Å²) in [5.74, 6) is 2.90. The standard InChI is InChI=1S/C20H25N3O3/c1-12-21-10-15-16(22-12)9-14-5-6-17(15)23(14)11-13-7-18(24-2)20(26-4)19(8-13)25-3/h7-8,10,14,17H,5-6,9,11H2,1-4H3. The Morgan fingerprint density at radius 3 is 2.46 bits per heavy atom. The van der Waals surface area contributed by atoms with Crippen molar-refractivity contribution in [2.75, 3.05) is 21.3 Å². The number of hydrogen-bond acceptors (Lipinski definition) is 6. The molecule has 1 fully saturated rings. The highest BCUT2D eigenvalue weighted by molar-refractivity contribution is 5.54. The summed E-state index contributed by atoms with van der Waals surface area (Å²) < 4.78 is 16.4. The van der Waals surface area contributed by atoms with E-state index in [0.717, 1.165) is 30.8 Å². The van der Waals surface area contributed by atoms with Crippen molar-refractivity contribution in [1.29, 1.82) is 0 Å². The van der Waals surface area contributed by atoms with Crippen molar-refractivity contribution in [3.63, 3.8) is 0 Å². The highest BCUT2D eigenvalue weighted by atomic mass is 16.5. The topological polar surface area (TPSA) is 56.7 Å². The fourth-order valence-electron chi connectivity index (χ4n) is 4.36. The van der Waals surface area contributed by atoms with Gasteiger partial charge in [-0.1, -0.05) is 0 Å². The molecule has 0 spiro atoms. The smallest absolute Gasteiger partial charge is 0.203 e. The molecule has 1 aromatic heterocycles. The van der Waals surface area contributed by atoms with Crippen molar-refractivity contribution in [1.82, 2.24) is 14.9 Å². The Kier molecular flexibility index (Phi) is 4.44. The zero-order valence-electron chi connectivity index (χ0n) is 15.8. The summed E-state index contributed by atoms with van der Waals surface area (Å²) in [4.78, 5) is 11.7. The van der Waals surface area contributed by atoms with Crippen molar-refractivity contribution < 1.29 is 14.2 Å². The second kappa shape index (κ2) is 6.76. The molecule has 1 aromatic carbocycles. The van der Waals surface area contributed by atoms with Crippen molar-refractivity contribution >= 4 is 0 Å². The molecule has 0 N–H and O–H groups in total. The Labute approximate surface area is 154 Å². The van der Waals surface area contributed by atoms with Gasteiger partial charge in [0.2, 0.25) is 5.75 Å². The molecule has 6 nitrogen and oxygen atoms in total. The first-order chi connectivity index (χ1) is 12.6. The molecular weight excluding hydrogens is 330 g/mol. The van der Waals surface area contributed by atoms with E-state index in [1.165, 1.54) is 17.7 Å². The van der Waals surface area contributed by atoms with Gasteiger partial charge in [-0.25, -0.2) is 9.97 Å². The Morgan fingerprint density at radius 1 is 1.08 bits per heavy atom. The lowest BCUT2D eigenvalue weighted by Crippen LogP contribution is -2.37. The number of aryl methyl sites for hydroxylation is 1. The van der Waals surface area contributed by atoms with Crippen LogP contribution in [0.2, 0.25) is 0 Å². The van der Waals surface area contributed by atoms with E-state index in [-0.39, 0.29) is 0 Å². The van der Waals surface area contributed by atoms with Crippen LogP contribution in [0.3, 0.4) is 0 Å². The van der Waals surface area contributed by atoms with E-state index in [9.17, 15) is 0 Å². The average molecular weight is 355 g/mol. The molecule has 2 aromatic rings. The van der Waals surface area contributed by atoms with Gasteiger partial charge in [0.05, 0.1) is 27.0 Å². The van der Waals surface area contributed by atoms with Crippen LogP contribution < -0.4 is 14.2 Å². The number of methoxy groups -OCH3 is 3. The number of fused-ring (bicyclic) bond motifs is 4. The van der Waals surface area contributed by atoms with Gasteiger partial charge < -0.3 is 14.2 Å². The van der Waals surface area contributed by atoms with Gasteiger partial charge in [0.1, 0.15) is 5.82 Å². The molecule has 0 radical (unpaired) electrons. The lowest BCUT2D eigenvalue weighted by molar-refractivity contribution is 0.165. The van der Waals surface area contributed by atoms with E-state index in [0.29, 0.717) is 29.3 Å². The molecule has 138 valence electrons. The first-order valence-electron chi connectivity index (χ1n) is 9.01. The molecule has 3 heterocycles. The van der Waals surface area contributed by atoms with Gasteiger partial charge in [-0.05, 0) is 37.5 Å². The van der Waals surface area contributed by atoms with Crippen LogP contribution in [-0.2, 0) is 13.0 Å². The summed E-state index contributed by atoms with van der Waals surface area (Å²) >= 11 is 0. The molecule has 2 bridgehead atoms. The van der Waals surface area contributed by atoms with Crippen LogP contribution in [0, 0.1) is 6.92 Å². The summed E-state index contributed by atoms with van der Waals surface area (Å²) in [5, 5.41) is 0. The molecule has 0 aliphatic carbocycles. The monoisotopic (exact) mass is 355 g/mol. The van der Waals surface area contributed by atoms with Crippen LogP contribution >= 0.6 is 0 Å². The Balaban J connectivity index is 1.65. The molecule has 6 heteroatoms. The Bertz CT molecular complexity index is 799. The third-order valence-corrected chi connectivity index (χ3v) is 5.54. The molecule has 2 aliphatic heterocycles. The fraction of sp³-hybridized carbons (Fsp3) is 0.500. The number of rotatable bonds is 5. The number of ether oxygens (including phenoxy) is 3. The third kappa shape index (κ3) is 2.78. The van der Waals surface area contributed by atoms with Gasteiger partial charge in [-0.15, -0.1) is 0 Å². The molecule has 0 saturated carbocycles. The van der Waals surface area contributed by atoms with E-state index < -0.39 is 0 Å². The number of hydrogen-bond donors (Lipinski definition) is 0. The summed E-state index contributed by atoms with van der Waals surface area (Å²) in [5.41, 5.74) is 3.68. The lowest BCUT2D eigenvalue weighted by Gasteiger charge is -2.35. The molecule has 2 aliphatic rings. The highest BCUT2D eigenvalue weighted by Crippen LogP contribution is 2.45. The van der Waals surface area contributed by atoms with Crippen LogP contribution in [0.4, 0.5) is 0 Å². The highest BCUT2D eigenvalue weighted by Gasteiger charge is 2.40. The number of nitrogens with zero attached hydrogens (tertiary/aromatic N) is 3. The van der Waals surface area contributed by atoms with E-state index in [4.69, 9.17) is 14.2 Å². The summed E-state index contributed by atoms with van der Waals surface area (Å²) in [6.45, 7) is 2.81. The molecule has 2 atom stereocenters. The first-order valence-corrected chi connectivity index (χ1v) is 9.01. The van der Waals surface area contributed by atoms with E-state index in [1.54, 1.807) is 21.3 Å². The second-order valence-corrected chi connectivity index (χ2v) is 6.98. The maximum absolute atomic E-state index is 5.50. The minimum Gasteiger partial charge on any atom is -0.493 e. The number of benzene rings is 1. The van der Waals surface area contributed by atoms with Crippen LogP contribution in [-0.4, -0.2) is 42.2 Å². The third-order valence-electron chi connectivity index (χ3n) is 5.54. The Morgan fingerprint density at radius 2 is 1.81 bits per heavy atom. The maximum Gasteiger partial charge on any atom is 0.203 e. The zero-order chi connectivity index (χ0) is 18.3. The Hall–Kier alpha value is -2.34. The number of aromatic nitrogens is 2. The van der Waals surface area contributed by atoms with Crippen LogP contribution in [0.5, 0.6) is 17.2 Å². The van der Waals surface area contributed by atoms with E-state index >= 15 is 0 Å². The first kappa shape index (κ1) is 17.1. The van der Waals surface area contributed by atoms with Crippen molar-refractivity contribution in [3.05, 3.63) is 41.0 Å². The summed E-state index contributed by atoms with van der Waals surface area (Å²) in [6.07, 6.45) is 5.38. The largest absolute Gasteiger partial charge is 0.493 e.